The van der Waals surface area contributed by atoms with E-state index in [1.807, 2.05) is 24.3 Å². The molecule has 1 aliphatic rings. The number of allylic oxidation sites excluding steroid dienone is 10. The van der Waals surface area contributed by atoms with E-state index in [1.54, 1.807) is 12.2 Å². The molecule has 0 heterocycles. The number of phosphoric acid groups is 2. The maximum absolute atomic E-state index is 13.0. The summed E-state index contributed by atoms with van der Waals surface area (Å²) in [7, 11) is -10.7. The normalized spacial score (nSPS) is 22.0. The van der Waals surface area contributed by atoms with Crippen molar-refractivity contribution in [3.8, 4) is 0 Å². The first kappa shape index (κ1) is 61.4. The minimum Gasteiger partial charge on any atom is -0.462 e. The van der Waals surface area contributed by atoms with E-state index in [1.165, 1.54) is 38.5 Å². The molecule has 5 unspecified atom stereocenters. The quantitative estimate of drug-likeness (QED) is 0.00763. The van der Waals surface area contributed by atoms with Crippen molar-refractivity contribution in [1.82, 2.24) is 0 Å². The average Bonchev–Trinajstić information content (AvgIpc) is 3.26. The molecule has 1 aliphatic carbocycles. The average molecular weight is 979 g/mol. The van der Waals surface area contributed by atoms with Crippen molar-refractivity contribution in [2.45, 2.75) is 204 Å². The van der Waals surface area contributed by atoms with Crippen LogP contribution >= 0.6 is 15.6 Å². The molecule has 1 fully saturated rings. The fourth-order valence-electron chi connectivity index (χ4n) is 6.79. The fraction of sp³-hybridized carbons (Fsp3) is 0.723. The Morgan fingerprint density at radius 3 is 1.65 bits per heavy atom. The molecule has 66 heavy (non-hydrogen) atoms. The number of aliphatic hydroxyl groups excluding tert-OH is 4. The van der Waals surface area contributed by atoms with Crippen LogP contribution in [0.4, 0.5) is 0 Å². The maximum Gasteiger partial charge on any atom is 0.472 e. The van der Waals surface area contributed by atoms with Gasteiger partial charge in [0, 0.05) is 19.3 Å². The summed E-state index contributed by atoms with van der Waals surface area (Å²) in [5, 5.41) is 41.2. The Hall–Kier alpha value is -2.63. The molecule has 0 radical (unpaired) electrons. The third kappa shape index (κ3) is 31.4. The maximum atomic E-state index is 13.0. The van der Waals surface area contributed by atoms with E-state index in [0.29, 0.717) is 25.7 Å². The Balaban J connectivity index is 2.66. The molecule has 8 atom stereocenters. The van der Waals surface area contributed by atoms with Crippen LogP contribution in [0.3, 0.4) is 0 Å². The zero-order valence-electron chi connectivity index (χ0n) is 39.1. The molecule has 0 bridgehead atoms. The summed E-state index contributed by atoms with van der Waals surface area (Å²) < 4.78 is 49.2. The van der Waals surface area contributed by atoms with Crippen LogP contribution in [0.15, 0.2) is 60.8 Å². The fourth-order valence-corrected chi connectivity index (χ4v) is 8.33. The highest BCUT2D eigenvalue weighted by molar-refractivity contribution is 7.47. The van der Waals surface area contributed by atoms with Crippen LogP contribution in [0, 0.1) is 0 Å². The van der Waals surface area contributed by atoms with Crippen molar-refractivity contribution in [3.63, 3.8) is 0 Å². The molecule has 1 saturated carbocycles. The molecule has 19 heteroatoms. The second-order valence-electron chi connectivity index (χ2n) is 16.5. The van der Waals surface area contributed by atoms with Crippen molar-refractivity contribution < 1.29 is 81.7 Å². The molecular weight excluding hydrogens is 898 g/mol. The molecule has 0 saturated heterocycles. The molecule has 0 aliphatic heterocycles. The van der Waals surface area contributed by atoms with E-state index in [4.69, 9.17) is 28.3 Å². The first-order valence-corrected chi connectivity index (χ1v) is 26.8. The van der Waals surface area contributed by atoms with E-state index >= 15 is 0 Å². The van der Waals surface area contributed by atoms with Crippen molar-refractivity contribution in [2.75, 3.05) is 13.2 Å². The topological polar surface area (TPSA) is 273 Å². The number of hydrogen-bond donors (Lipinski definition) is 7. The van der Waals surface area contributed by atoms with Crippen LogP contribution in [0.1, 0.15) is 162 Å². The highest BCUT2D eigenvalue weighted by Crippen LogP contribution is 2.49. The van der Waals surface area contributed by atoms with Gasteiger partial charge in [-0.05, 0) is 70.3 Å². The van der Waals surface area contributed by atoms with Crippen LogP contribution in [0.2, 0.25) is 0 Å². The van der Waals surface area contributed by atoms with E-state index < -0.39 is 83.5 Å². The number of esters is 2. The van der Waals surface area contributed by atoms with Crippen LogP contribution in [0.25, 0.3) is 0 Å². The third-order valence-electron chi connectivity index (χ3n) is 10.5. The minimum atomic E-state index is -5.38. The number of ether oxygens (including phenoxy) is 2. The lowest BCUT2D eigenvalue weighted by atomic mass is 9.85. The molecule has 0 aromatic heterocycles. The Kier molecular flexibility index (Phi) is 34.7. The van der Waals surface area contributed by atoms with E-state index in [2.05, 4.69) is 42.7 Å². The van der Waals surface area contributed by atoms with Gasteiger partial charge in [0.2, 0.25) is 0 Å². The summed E-state index contributed by atoms with van der Waals surface area (Å²) in [6.45, 7) is 2.87. The van der Waals surface area contributed by atoms with E-state index in [0.717, 1.165) is 70.6 Å². The second kappa shape index (κ2) is 37.3. The zero-order valence-corrected chi connectivity index (χ0v) is 40.9. The Morgan fingerprint density at radius 1 is 0.530 bits per heavy atom. The number of hydrogen-bond acceptors (Lipinski definition) is 14. The molecule has 17 nitrogen and oxygen atoms in total. The van der Waals surface area contributed by atoms with Crippen LogP contribution < -0.4 is 0 Å². The van der Waals surface area contributed by atoms with E-state index in [9.17, 15) is 48.8 Å². The van der Waals surface area contributed by atoms with Crippen molar-refractivity contribution in [1.29, 1.82) is 0 Å². The van der Waals surface area contributed by atoms with Gasteiger partial charge in [-0.2, -0.15) is 0 Å². The summed E-state index contributed by atoms with van der Waals surface area (Å²) in [6, 6.07) is 0. The number of aliphatic hydroxyl groups is 4. The number of carbonyl (C=O) groups excluding carboxylic acids is 3. The summed E-state index contributed by atoms with van der Waals surface area (Å²) in [6.07, 6.45) is 24.5. The van der Waals surface area contributed by atoms with Gasteiger partial charge < -0.3 is 44.6 Å². The van der Waals surface area contributed by atoms with Gasteiger partial charge in [-0.15, -0.1) is 0 Å². The Bertz CT molecular complexity index is 1570. The highest BCUT2D eigenvalue weighted by atomic mass is 31.2. The Labute approximate surface area is 392 Å². The largest absolute Gasteiger partial charge is 0.472 e. The summed E-state index contributed by atoms with van der Waals surface area (Å²) in [5.74, 6) is -1.20. The smallest absolute Gasteiger partial charge is 0.462 e. The number of rotatable bonds is 39. The predicted molar refractivity (Wildman–Crippen MR) is 251 cm³/mol. The molecule has 7 N–H and O–H groups in total. The number of ketones is 1. The number of carbonyl (C=O) groups is 3. The standard InChI is InChI=1S/C47H80O17P2/c1-3-5-7-8-9-10-11-12-13-14-15-16-17-20-24-27-31-35-41(50)62-39(36-60-40(49)34-30-26-23-21-18-19-22-25-29-33-38(48)32-28-6-4-2)37-61-66(58,59)64-47-44(53)42(51)43(52)46(45(47)54)63-65(55,56)57/h12-13,15-16,20,22,24-25,29,33,39,42-47,51-54H,3-11,14,17-19,21,23,26-28,30-32,34-37H2,1-2H3,(H,58,59)(H2,55,56,57)/b13-12-,16-15-,24-20-,25-22-,33-29+/t39-,42?,43?,44?,45?,46-,47+/m1/s1. The third-order valence-corrected chi connectivity index (χ3v) is 12.0. The van der Waals surface area contributed by atoms with Crippen molar-refractivity contribution in [2.24, 2.45) is 0 Å². The van der Waals surface area contributed by atoms with Gasteiger partial charge in [-0.25, -0.2) is 9.13 Å². The lowest BCUT2D eigenvalue weighted by Crippen LogP contribution is -2.64. The summed E-state index contributed by atoms with van der Waals surface area (Å²) >= 11 is 0. The van der Waals surface area contributed by atoms with Gasteiger partial charge in [-0.3, -0.25) is 28.0 Å². The van der Waals surface area contributed by atoms with Gasteiger partial charge in [0.25, 0.3) is 0 Å². The van der Waals surface area contributed by atoms with Crippen LogP contribution in [-0.2, 0) is 46.6 Å². The molecule has 0 spiro atoms. The van der Waals surface area contributed by atoms with Crippen molar-refractivity contribution in [3.05, 3.63) is 60.8 Å². The molecule has 380 valence electrons. The lowest BCUT2D eigenvalue weighted by molar-refractivity contribution is -0.216. The van der Waals surface area contributed by atoms with Gasteiger partial charge >= 0.3 is 27.6 Å². The van der Waals surface area contributed by atoms with Gasteiger partial charge in [-0.1, -0.05) is 133 Å². The van der Waals surface area contributed by atoms with Crippen LogP contribution in [0.5, 0.6) is 0 Å². The van der Waals surface area contributed by atoms with E-state index in [-0.39, 0.29) is 18.6 Å². The molecule has 1 rings (SSSR count). The minimum absolute atomic E-state index is 0.0474. The van der Waals surface area contributed by atoms with Gasteiger partial charge in [0.1, 0.15) is 43.2 Å². The van der Waals surface area contributed by atoms with Gasteiger partial charge in [0.05, 0.1) is 6.61 Å². The first-order valence-electron chi connectivity index (χ1n) is 23.8. The first-order chi connectivity index (χ1) is 31.5. The van der Waals surface area contributed by atoms with Crippen LogP contribution in [-0.4, -0.2) is 109 Å². The van der Waals surface area contributed by atoms with Crippen molar-refractivity contribution >= 4 is 33.4 Å². The monoisotopic (exact) mass is 978 g/mol. The number of phosphoric ester groups is 2. The second-order valence-corrected chi connectivity index (χ2v) is 19.1. The predicted octanol–water partition coefficient (Wildman–Crippen LogP) is 8.24. The molecular formula is C47H80O17P2. The Morgan fingerprint density at radius 2 is 1.03 bits per heavy atom. The van der Waals surface area contributed by atoms with Gasteiger partial charge in [0.15, 0.2) is 11.9 Å². The summed E-state index contributed by atoms with van der Waals surface area (Å²) in [4.78, 5) is 66.0. The summed E-state index contributed by atoms with van der Waals surface area (Å²) in [5.41, 5.74) is 0. The number of unbranched alkanes of at least 4 members (excludes halogenated alkanes) is 14. The molecule has 0 aromatic rings. The SMILES string of the molecule is CCCCCCCC/C=C\C/C=C\C/C=C\CCCC(=O)O[C@H](COC(=O)CCCCCCC/C=C\C=C\C(=O)CCCCC)COP(=O)(O)O[C@H]1C(O)C(O)C(O)[C@@H](OP(=O)(O)O)C1O. The highest BCUT2D eigenvalue weighted by Gasteiger charge is 2.54. The molecule has 0 amide bonds. The lowest BCUT2D eigenvalue weighted by Gasteiger charge is -2.43. The molecule has 0 aromatic carbocycles. The zero-order chi connectivity index (χ0) is 49.1.